The third kappa shape index (κ3) is 1.49. The number of nitrogens with one attached hydrogen (secondary N) is 1. The Morgan fingerprint density at radius 2 is 2.14 bits per heavy atom. The van der Waals surface area contributed by atoms with Crippen molar-refractivity contribution >= 4 is 0 Å². The lowest BCUT2D eigenvalue weighted by Crippen LogP contribution is -2.33. The van der Waals surface area contributed by atoms with Crippen molar-refractivity contribution in [2.75, 3.05) is 7.05 Å². The highest BCUT2D eigenvalue weighted by atomic mass is 17.2. The predicted octanol–water partition coefficient (Wildman–Crippen LogP) is 1.97. The normalized spacial score (nSPS) is 15.1. The summed E-state index contributed by atoms with van der Waals surface area (Å²) in [6.07, 6.45) is 0. The fourth-order valence-corrected chi connectivity index (χ4v) is 1.44. The van der Waals surface area contributed by atoms with Gasteiger partial charge >= 0.3 is 0 Å². The summed E-state index contributed by atoms with van der Waals surface area (Å²) in [5, 5.41) is 3.25. The molecule has 1 aliphatic rings. The van der Waals surface area contributed by atoms with E-state index in [2.05, 4.69) is 31.3 Å². The van der Waals surface area contributed by atoms with E-state index in [0.717, 1.165) is 11.3 Å². The van der Waals surface area contributed by atoms with Gasteiger partial charge in [0.15, 0.2) is 5.75 Å². The van der Waals surface area contributed by atoms with Gasteiger partial charge in [-0.3, -0.25) is 0 Å². The molecule has 0 amide bonds. The van der Waals surface area contributed by atoms with Gasteiger partial charge in [0.1, 0.15) is 6.61 Å². The minimum absolute atomic E-state index is 0.0407. The van der Waals surface area contributed by atoms with E-state index in [1.807, 2.05) is 13.1 Å². The summed E-state index contributed by atoms with van der Waals surface area (Å²) in [7, 11) is 1.95. The molecule has 0 radical (unpaired) electrons. The second-order valence-electron chi connectivity index (χ2n) is 4.04. The molecule has 0 aliphatic carbocycles. The van der Waals surface area contributed by atoms with Crippen LogP contribution in [-0.2, 0) is 17.0 Å². The third-order valence-electron chi connectivity index (χ3n) is 2.78. The molecular formula is C11H15NO2. The Morgan fingerprint density at radius 1 is 1.36 bits per heavy atom. The third-order valence-corrected chi connectivity index (χ3v) is 2.78. The second kappa shape index (κ2) is 3.26. The van der Waals surface area contributed by atoms with Crippen LogP contribution in [0.1, 0.15) is 25.0 Å². The van der Waals surface area contributed by atoms with Gasteiger partial charge in [0.25, 0.3) is 0 Å². The molecule has 0 unspecified atom stereocenters. The van der Waals surface area contributed by atoms with Crippen molar-refractivity contribution in [2.45, 2.75) is 26.0 Å². The summed E-state index contributed by atoms with van der Waals surface area (Å²) >= 11 is 0. The van der Waals surface area contributed by atoms with E-state index in [-0.39, 0.29) is 5.54 Å². The van der Waals surface area contributed by atoms with Crippen LogP contribution in [-0.4, -0.2) is 7.05 Å². The maximum Gasteiger partial charge on any atom is 0.171 e. The Hall–Kier alpha value is -1.06. The number of rotatable bonds is 2. The predicted molar refractivity (Wildman–Crippen MR) is 53.9 cm³/mol. The van der Waals surface area contributed by atoms with Gasteiger partial charge in [-0.25, -0.2) is 0 Å². The monoisotopic (exact) mass is 193 g/mol. The molecule has 0 bridgehead atoms. The summed E-state index contributed by atoms with van der Waals surface area (Å²) in [5.41, 5.74) is 2.27. The minimum Gasteiger partial charge on any atom is -0.337 e. The fourth-order valence-electron chi connectivity index (χ4n) is 1.44. The lowest BCUT2D eigenvalue weighted by atomic mass is 9.93. The zero-order valence-electron chi connectivity index (χ0n) is 8.76. The van der Waals surface area contributed by atoms with Gasteiger partial charge in [0.2, 0.25) is 0 Å². The first-order valence-corrected chi connectivity index (χ1v) is 4.75. The molecule has 1 aliphatic heterocycles. The topological polar surface area (TPSA) is 30.5 Å². The van der Waals surface area contributed by atoms with Crippen LogP contribution in [0.2, 0.25) is 0 Å². The molecule has 3 heteroatoms. The molecular weight excluding hydrogens is 178 g/mol. The van der Waals surface area contributed by atoms with Crippen LogP contribution in [0.25, 0.3) is 0 Å². The van der Waals surface area contributed by atoms with Crippen molar-refractivity contribution in [3.8, 4) is 5.75 Å². The molecule has 14 heavy (non-hydrogen) atoms. The maximum absolute atomic E-state index is 5.05. The Bertz CT molecular complexity index is 347. The summed E-state index contributed by atoms with van der Waals surface area (Å²) in [6, 6.07) is 6.18. The maximum atomic E-state index is 5.05. The average Bonchev–Trinajstić information content (AvgIpc) is 2.64. The summed E-state index contributed by atoms with van der Waals surface area (Å²) in [6.45, 7) is 4.81. The Morgan fingerprint density at radius 3 is 2.86 bits per heavy atom. The Kier molecular flexibility index (Phi) is 2.21. The van der Waals surface area contributed by atoms with Crippen molar-refractivity contribution in [1.29, 1.82) is 0 Å². The van der Waals surface area contributed by atoms with Crippen LogP contribution in [0, 0.1) is 0 Å². The summed E-state index contributed by atoms with van der Waals surface area (Å²) in [4.78, 5) is 9.95. The largest absolute Gasteiger partial charge is 0.337 e. The standard InChI is InChI=1S/C11H15NO2/c1-11(2,12-3)9-5-4-8-7-13-14-10(8)6-9/h4-6,12H,7H2,1-3H3. The van der Waals surface area contributed by atoms with E-state index in [4.69, 9.17) is 9.78 Å². The minimum atomic E-state index is -0.0407. The van der Waals surface area contributed by atoms with Crippen LogP contribution in [0.5, 0.6) is 5.75 Å². The highest BCUT2D eigenvalue weighted by Crippen LogP contribution is 2.30. The first-order valence-electron chi connectivity index (χ1n) is 4.75. The summed E-state index contributed by atoms with van der Waals surface area (Å²) in [5.74, 6) is 0.839. The van der Waals surface area contributed by atoms with Gasteiger partial charge in [-0.2, -0.15) is 4.89 Å². The number of benzene rings is 1. The Balaban J connectivity index is 2.38. The van der Waals surface area contributed by atoms with Gasteiger partial charge < -0.3 is 10.2 Å². The molecule has 0 atom stereocenters. The molecule has 0 fully saturated rings. The molecule has 0 saturated heterocycles. The molecule has 1 aromatic rings. The van der Waals surface area contributed by atoms with Gasteiger partial charge in [0.05, 0.1) is 0 Å². The van der Waals surface area contributed by atoms with Crippen LogP contribution in [0.15, 0.2) is 18.2 Å². The zero-order chi connectivity index (χ0) is 10.2. The molecule has 2 rings (SSSR count). The first-order chi connectivity index (χ1) is 6.63. The van der Waals surface area contributed by atoms with Crippen molar-refractivity contribution in [2.24, 2.45) is 0 Å². The molecule has 1 N–H and O–H groups in total. The lowest BCUT2D eigenvalue weighted by Gasteiger charge is -2.24. The van der Waals surface area contributed by atoms with Crippen molar-refractivity contribution in [3.05, 3.63) is 29.3 Å². The quantitative estimate of drug-likeness (QED) is 0.728. The number of hydrogen-bond acceptors (Lipinski definition) is 3. The molecule has 0 spiro atoms. The van der Waals surface area contributed by atoms with E-state index in [0.29, 0.717) is 6.61 Å². The van der Waals surface area contributed by atoms with E-state index in [9.17, 15) is 0 Å². The van der Waals surface area contributed by atoms with Gasteiger partial charge in [-0.1, -0.05) is 12.1 Å². The smallest absolute Gasteiger partial charge is 0.171 e. The van der Waals surface area contributed by atoms with Crippen molar-refractivity contribution in [3.63, 3.8) is 0 Å². The van der Waals surface area contributed by atoms with Crippen molar-refractivity contribution in [1.82, 2.24) is 5.32 Å². The SMILES string of the molecule is CNC(C)(C)c1ccc2c(c1)OOC2. The van der Waals surface area contributed by atoms with E-state index in [1.165, 1.54) is 5.56 Å². The molecule has 1 aromatic carbocycles. The van der Waals surface area contributed by atoms with Gasteiger partial charge in [-0.05, 0) is 32.5 Å². The molecule has 0 aromatic heterocycles. The van der Waals surface area contributed by atoms with E-state index in [1.54, 1.807) is 0 Å². The second-order valence-corrected chi connectivity index (χ2v) is 4.04. The fraction of sp³-hybridized carbons (Fsp3) is 0.455. The van der Waals surface area contributed by atoms with Crippen LogP contribution in [0.3, 0.4) is 0 Å². The van der Waals surface area contributed by atoms with Gasteiger partial charge in [-0.15, -0.1) is 0 Å². The Labute approximate surface area is 84.0 Å². The van der Waals surface area contributed by atoms with Gasteiger partial charge in [0, 0.05) is 11.1 Å². The highest BCUT2D eigenvalue weighted by molar-refractivity contribution is 5.40. The lowest BCUT2D eigenvalue weighted by molar-refractivity contribution is -0.194. The zero-order valence-corrected chi connectivity index (χ0v) is 8.76. The molecule has 1 heterocycles. The number of hydrogen-bond donors (Lipinski definition) is 1. The van der Waals surface area contributed by atoms with E-state index >= 15 is 0 Å². The molecule has 76 valence electrons. The molecule has 3 nitrogen and oxygen atoms in total. The van der Waals surface area contributed by atoms with Crippen LogP contribution in [0.4, 0.5) is 0 Å². The molecule has 0 saturated carbocycles. The number of fused-ring (bicyclic) bond motifs is 1. The first kappa shape index (κ1) is 9.49. The van der Waals surface area contributed by atoms with Crippen LogP contribution < -0.4 is 10.2 Å². The average molecular weight is 193 g/mol. The summed E-state index contributed by atoms with van der Waals surface area (Å²) < 4.78 is 0. The van der Waals surface area contributed by atoms with Crippen molar-refractivity contribution < 1.29 is 9.78 Å². The van der Waals surface area contributed by atoms with Crippen LogP contribution >= 0.6 is 0 Å². The highest BCUT2D eigenvalue weighted by Gasteiger charge is 2.21. The van der Waals surface area contributed by atoms with E-state index < -0.39 is 0 Å².